The van der Waals surface area contributed by atoms with Crippen molar-refractivity contribution in [1.82, 2.24) is 5.32 Å². The van der Waals surface area contributed by atoms with Gasteiger partial charge in [0.05, 0.1) is 6.42 Å². The Morgan fingerprint density at radius 3 is 2.60 bits per heavy atom. The number of aromatic hydroxyl groups is 2. The van der Waals surface area contributed by atoms with Crippen molar-refractivity contribution in [2.45, 2.75) is 51.5 Å². The van der Waals surface area contributed by atoms with Crippen molar-refractivity contribution in [2.24, 2.45) is 5.92 Å². The van der Waals surface area contributed by atoms with Gasteiger partial charge in [0, 0.05) is 6.04 Å². The highest BCUT2D eigenvalue weighted by molar-refractivity contribution is 5.79. The van der Waals surface area contributed by atoms with Gasteiger partial charge in [0.2, 0.25) is 5.91 Å². The van der Waals surface area contributed by atoms with E-state index in [1.54, 1.807) is 6.07 Å². The van der Waals surface area contributed by atoms with E-state index < -0.39 is 0 Å². The van der Waals surface area contributed by atoms with Gasteiger partial charge in [-0.15, -0.1) is 0 Å². The molecular formula is C16H23NO3. The van der Waals surface area contributed by atoms with Gasteiger partial charge in [-0.3, -0.25) is 4.79 Å². The lowest BCUT2D eigenvalue weighted by atomic mass is 9.84. The van der Waals surface area contributed by atoms with Crippen LogP contribution in [0.2, 0.25) is 0 Å². The fourth-order valence-electron chi connectivity index (χ4n) is 2.92. The molecule has 4 heteroatoms. The Morgan fingerprint density at radius 1 is 1.25 bits per heavy atom. The van der Waals surface area contributed by atoms with Gasteiger partial charge < -0.3 is 15.5 Å². The van der Waals surface area contributed by atoms with Crippen molar-refractivity contribution in [1.29, 1.82) is 0 Å². The van der Waals surface area contributed by atoms with Gasteiger partial charge in [-0.2, -0.15) is 0 Å². The number of carbonyl (C=O) groups is 1. The Balaban J connectivity index is 1.86. The van der Waals surface area contributed by atoms with E-state index in [4.69, 9.17) is 0 Å². The Morgan fingerprint density at radius 2 is 1.95 bits per heavy atom. The molecule has 20 heavy (non-hydrogen) atoms. The van der Waals surface area contributed by atoms with E-state index in [1.807, 2.05) is 0 Å². The van der Waals surface area contributed by atoms with Crippen LogP contribution in [-0.4, -0.2) is 22.2 Å². The topological polar surface area (TPSA) is 69.6 Å². The zero-order valence-corrected chi connectivity index (χ0v) is 11.9. The number of nitrogens with one attached hydrogen (secondary N) is 1. The third-order valence-corrected chi connectivity index (χ3v) is 4.15. The van der Waals surface area contributed by atoms with Crippen molar-refractivity contribution in [3.8, 4) is 11.5 Å². The standard InChI is InChI=1S/C16H23NO3/c1-11(13-5-3-2-4-6-13)17-16(20)10-12-7-8-14(18)15(19)9-12/h7-9,11,13,18-19H,2-6,10H2,1H3,(H,17,20). The lowest BCUT2D eigenvalue weighted by Gasteiger charge is -2.28. The minimum absolute atomic E-state index is 0.0341. The molecule has 0 saturated heterocycles. The minimum Gasteiger partial charge on any atom is -0.504 e. The second-order valence-electron chi connectivity index (χ2n) is 5.75. The summed E-state index contributed by atoms with van der Waals surface area (Å²) in [6.45, 7) is 2.07. The number of rotatable bonds is 4. The molecule has 1 aliphatic carbocycles. The SMILES string of the molecule is CC(NC(=O)Cc1ccc(O)c(O)c1)C1CCCCC1. The highest BCUT2D eigenvalue weighted by Crippen LogP contribution is 2.27. The minimum atomic E-state index is -0.185. The van der Waals surface area contributed by atoms with Gasteiger partial charge in [0.25, 0.3) is 0 Å². The normalized spacial score (nSPS) is 17.6. The maximum atomic E-state index is 12.0. The summed E-state index contributed by atoms with van der Waals surface area (Å²) in [6.07, 6.45) is 6.45. The van der Waals surface area contributed by atoms with E-state index in [1.165, 1.54) is 44.2 Å². The van der Waals surface area contributed by atoms with Crippen molar-refractivity contribution < 1.29 is 15.0 Å². The lowest BCUT2D eigenvalue weighted by Crippen LogP contribution is -2.39. The first kappa shape index (κ1) is 14.7. The molecule has 1 fully saturated rings. The van der Waals surface area contributed by atoms with E-state index >= 15 is 0 Å². The van der Waals surface area contributed by atoms with Crippen molar-refractivity contribution in [2.75, 3.05) is 0 Å². The zero-order chi connectivity index (χ0) is 14.5. The first-order valence-electron chi connectivity index (χ1n) is 7.36. The van der Waals surface area contributed by atoms with Crippen LogP contribution in [0.5, 0.6) is 11.5 Å². The highest BCUT2D eigenvalue weighted by atomic mass is 16.3. The first-order chi connectivity index (χ1) is 9.56. The number of amides is 1. The van der Waals surface area contributed by atoms with E-state index in [9.17, 15) is 15.0 Å². The predicted octanol–water partition coefficient (Wildman–Crippen LogP) is 2.73. The summed E-state index contributed by atoms with van der Waals surface area (Å²) in [5.74, 6) is 0.203. The first-order valence-corrected chi connectivity index (χ1v) is 7.36. The number of benzene rings is 1. The summed E-state index contributed by atoms with van der Waals surface area (Å²) in [4.78, 5) is 12.0. The molecule has 4 nitrogen and oxygen atoms in total. The fourth-order valence-corrected chi connectivity index (χ4v) is 2.92. The summed E-state index contributed by atoms with van der Waals surface area (Å²) >= 11 is 0. The van der Waals surface area contributed by atoms with E-state index in [0.717, 1.165) is 0 Å². The maximum Gasteiger partial charge on any atom is 0.224 e. The molecule has 0 aliphatic heterocycles. The molecule has 1 aliphatic rings. The van der Waals surface area contributed by atoms with Crippen molar-refractivity contribution in [3.05, 3.63) is 23.8 Å². The summed E-state index contributed by atoms with van der Waals surface area (Å²) in [5.41, 5.74) is 0.702. The Bertz CT molecular complexity index is 467. The van der Waals surface area contributed by atoms with E-state index in [0.29, 0.717) is 11.5 Å². The van der Waals surface area contributed by atoms with Crippen LogP contribution in [-0.2, 0) is 11.2 Å². The predicted molar refractivity (Wildman–Crippen MR) is 77.7 cm³/mol. The molecule has 1 aromatic rings. The van der Waals surface area contributed by atoms with E-state index in [-0.39, 0.29) is 29.9 Å². The number of hydrogen-bond donors (Lipinski definition) is 3. The second-order valence-corrected chi connectivity index (χ2v) is 5.75. The zero-order valence-electron chi connectivity index (χ0n) is 11.9. The molecule has 2 rings (SSSR count). The van der Waals surface area contributed by atoms with Gasteiger partial charge in [-0.1, -0.05) is 25.3 Å². The Hall–Kier alpha value is -1.71. The monoisotopic (exact) mass is 277 g/mol. The van der Waals surface area contributed by atoms with Crippen LogP contribution in [0.15, 0.2) is 18.2 Å². The Kier molecular flexibility index (Phi) is 4.88. The number of phenols is 2. The second kappa shape index (κ2) is 6.64. The lowest BCUT2D eigenvalue weighted by molar-refractivity contribution is -0.121. The van der Waals surface area contributed by atoms with Crippen LogP contribution in [0, 0.1) is 5.92 Å². The number of carbonyl (C=O) groups excluding carboxylic acids is 1. The van der Waals surface area contributed by atoms with Crippen molar-refractivity contribution in [3.63, 3.8) is 0 Å². The summed E-state index contributed by atoms with van der Waals surface area (Å²) in [7, 11) is 0. The van der Waals surface area contributed by atoms with Crippen LogP contribution in [0.25, 0.3) is 0 Å². The molecule has 110 valence electrons. The molecule has 0 radical (unpaired) electrons. The number of hydrogen-bond acceptors (Lipinski definition) is 3. The summed E-state index contributed by atoms with van der Waals surface area (Å²) in [5, 5.41) is 21.7. The summed E-state index contributed by atoms with van der Waals surface area (Å²) < 4.78 is 0. The van der Waals surface area contributed by atoms with Crippen LogP contribution < -0.4 is 5.32 Å². The van der Waals surface area contributed by atoms with Crippen LogP contribution >= 0.6 is 0 Å². The van der Waals surface area contributed by atoms with Crippen molar-refractivity contribution >= 4 is 5.91 Å². The van der Waals surface area contributed by atoms with Gasteiger partial charge in [0.15, 0.2) is 11.5 Å². The van der Waals surface area contributed by atoms with Gasteiger partial charge in [-0.05, 0) is 43.4 Å². The molecule has 1 saturated carbocycles. The smallest absolute Gasteiger partial charge is 0.224 e. The van der Waals surface area contributed by atoms with Gasteiger partial charge >= 0.3 is 0 Å². The van der Waals surface area contributed by atoms with Gasteiger partial charge in [-0.25, -0.2) is 0 Å². The molecule has 0 bridgehead atoms. The van der Waals surface area contributed by atoms with Gasteiger partial charge in [0.1, 0.15) is 0 Å². The third kappa shape index (κ3) is 3.89. The average Bonchev–Trinajstić information content (AvgIpc) is 2.44. The quantitative estimate of drug-likeness (QED) is 0.741. The average molecular weight is 277 g/mol. The van der Waals surface area contributed by atoms with E-state index in [2.05, 4.69) is 12.2 Å². The third-order valence-electron chi connectivity index (χ3n) is 4.15. The summed E-state index contributed by atoms with van der Waals surface area (Å²) in [6, 6.07) is 4.69. The van der Waals surface area contributed by atoms with Crippen LogP contribution in [0.3, 0.4) is 0 Å². The fraction of sp³-hybridized carbons (Fsp3) is 0.562. The Labute approximate surface area is 119 Å². The molecule has 0 aromatic heterocycles. The maximum absolute atomic E-state index is 12.0. The molecule has 1 unspecified atom stereocenters. The van der Waals surface area contributed by atoms with Crippen LogP contribution in [0.4, 0.5) is 0 Å². The molecule has 1 amide bonds. The molecule has 0 spiro atoms. The molecule has 0 heterocycles. The molecule has 1 aromatic carbocycles. The highest BCUT2D eigenvalue weighted by Gasteiger charge is 2.21. The number of phenolic OH excluding ortho intramolecular Hbond substituents is 2. The largest absolute Gasteiger partial charge is 0.504 e. The van der Waals surface area contributed by atoms with Crippen LogP contribution in [0.1, 0.15) is 44.6 Å². The molecule has 3 N–H and O–H groups in total. The molecular weight excluding hydrogens is 254 g/mol. The molecule has 1 atom stereocenters.